The third kappa shape index (κ3) is 8.71. The van der Waals surface area contributed by atoms with Crippen molar-refractivity contribution in [2.45, 2.75) is 82.2 Å². The van der Waals surface area contributed by atoms with Crippen LogP contribution in [0.25, 0.3) is 0 Å². The molecule has 0 aliphatic carbocycles. The van der Waals surface area contributed by atoms with Crippen LogP contribution in [0.3, 0.4) is 0 Å². The number of nitrogens with one attached hydrogen (secondary N) is 2. The van der Waals surface area contributed by atoms with E-state index in [1.165, 1.54) is 12.0 Å². The van der Waals surface area contributed by atoms with Gasteiger partial charge in [-0.3, -0.25) is 19.3 Å². The molecule has 1 aliphatic heterocycles. The molecule has 10 heteroatoms. The minimum Gasteiger partial charge on any atom is -0.375 e. The third-order valence-electron chi connectivity index (χ3n) is 4.99. The summed E-state index contributed by atoms with van der Waals surface area (Å²) in [5.41, 5.74) is 1.52. The summed E-state index contributed by atoms with van der Waals surface area (Å²) >= 11 is 4.13. The standard InChI is InChI=1S/C20H35N3O6S/c1-19(2,21-17(26)14(22-28-5)7-6-11-24)9-12-29-20(3,4)8-10-23-16(25)13-15(30)18(23)27/h11,14-15,22,30H,6-10,12-13H2,1-5H3,(H,21,26). The maximum atomic E-state index is 12.5. The molecule has 1 aliphatic rings. The van der Waals surface area contributed by atoms with Gasteiger partial charge in [0.25, 0.3) is 0 Å². The van der Waals surface area contributed by atoms with E-state index in [0.29, 0.717) is 32.4 Å². The van der Waals surface area contributed by atoms with E-state index in [0.717, 1.165) is 6.29 Å². The Morgan fingerprint density at radius 3 is 2.50 bits per heavy atom. The molecule has 9 nitrogen and oxygen atoms in total. The van der Waals surface area contributed by atoms with Crippen LogP contribution in [0.5, 0.6) is 0 Å². The Morgan fingerprint density at radius 2 is 1.97 bits per heavy atom. The first-order valence-electron chi connectivity index (χ1n) is 10.1. The van der Waals surface area contributed by atoms with Crippen molar-refractivity contribution >= 4 is 36.6 Å². The van der Waals surface area contributed by atoms with Crippen molar-refractivity contribution in [1.29, 1.82) is 0 Å². The van der Waals surface area contributed by atoms with Gasteiger partial charge in [0.05, 0.1) is 18.0 Å². The average Bonchev–Trinajstić information content (AvgIpc) is 2.87. The highest BCUT2D eigenvalue weighted by molar-refractivity contribution is 7.81. The van der Waals surface area contributed by atoms with Gasteiger partial charge in [-0.25, -0.2) is 0 Å². The minimum absolute atomic E-state index is 0.142. The van der Waals surface area contributed by atoms with Gasteiger partial charge >= 0.3 is 0 Å². The van der Waals surface area contributed by atoms with Crippen LogP contribution in [0.1, 0.15) is 59.8 Å². The Labute approximate surface area is 184 Å². The fourth-order valence-corrected chi connectivity index (χ4v) is 3.34. The van der Waals surface area contributed by atoms with Gasteiger partial charge in [0.15, 0.2) is 0 Å². The summed E-state index contributed by atoms with van der Waals surface area (Å²) in [4.78, 5) is 53.0. The molecule has 30 heavy (non-hydrogen) atoms. The molecule has 0 aromatic carbocycles. The van der Waals surface area contributed by atoms with Crippen LogP contribution < -0.4 is 10.8 Å². The number of rotatable bonds is 14. The van der Waals surface area contributed by atoms with Crippen LogP contribution in [0, 0.1) is 0 Å². The van der Waals surface area contributed by atoms with Crippen molar-refractivity contribution in [1.82, 2.24) is 15.7 Å². The molecule has 1 saturated heterocycles. The van der Waals surface area contributed by atoms with Crippen LogP contribution in [-0.4, -0.2) is 71.6 Å². The highest BCUT2D eigenvalue weighted by Crippen LogP contribution is 2.22. The average molecular weight is 446 g/mol. The fraction of sp³-hybridized carbons (Fsp3) is 0.800. The first kappa shape index (κ1) is 26.5. The number of carbonyl (C=O) groups excluding carboxylic acids is 4. The Hall–Kier alpha value is -1.49. The molecule has 2 unspecified atom stereocenters. The molecule has 3 amide bonds. The van der Waals surface area contributed by atoms with Gasteiger partial charge in [-0.1, -0.05) is 0 Å². The lowest BCUT2D eigenvalue weighted by molar-refractivity contribution is -0.139. The van der Waals surface area contributed by atoms with Gasteiger partial charge in [0.2, 0.25) is 17.7 Å². The van der Waals surface area contributed by atoms with Gasteiger partial charge in [-0.05, 0) is 47.0 Å². The lowest BCUT2D eigenvalue weighted by Crippen LogP contribution is -2.52. The van der Waals surface area contributed by atoms with E-state index in [4.69, 9.17) is 9.57 Å². The van der Waals surface area contributed by atoms with E-state index >= 15 is 0 Å². The molecule has 1 fully saturated rings. The molecule has 1 heterocycles. The second-order valence-corrected chi connectivity index (χ2v) is 9.33. The predicted octanol–water partition coefficient (Wildman–Crippen LogP) is 1.01. The van der Waals surface area contributed by atoms with Crippen molar-refractivity contribution in [2.75, 3.05) is 20.3 Å². The highest BCUT2D eigenvalue weighted by atomic mass is 32.1. The highest BCUT2D eigenvalue weighted by Gasteiger charge is 2.37. The second-order valence-electron chi connectivity index (χ2n) is 8.70. The minimum atomic E-state index is -0.622. The third-order valence-corrected chi connectivity index (χ3v) is 5.39. The van der Waals surface area contributed by atoms with Crippen molar-refractivity contribution in [3.8, 4) is 0 Å². The predicted molar refractivity (Wildman–Crippen MR) is 115 cm³/mol. The number of ether oxygens (including phenoxy) is 1. The number of hydroxylamine groups is 1. The van der Waals surface area contributed by atoms with E-state index < -0.39 is 22.4 Å². The number of hydrogen-bond donors (Lipinski definition) is 3. The fourth-order valence-electron chi connectivity index (χ4n) is 3.04. The van der Waals surface area contributed by atoms with Crippen molar-refractivity contribution in [2.24, 2.45) is 0 Å². The van der Waals surface area contributed by atoms with Crippen LogP contribution in [-0.2, 0) is 28.8 Å². The quantitative estimate of drug-likeness (QED) is 0.158. The van der Waals surface area contributed by atoms with Gasteiger partial charge in [-0.2, -0.15) is 18.1 Å². The molecule has 0 spiro atoms. The number of amides is 3. The van der Waals surface area contributed by atoms with Crippen molar-refractivity contribution < 1.29 is 28.8 Å². The molecule has 172 valence electrons. The van der Waals surface area contributed by atoms with E-state index in [1.54, 1.807) is 0 Å². The summed E-state index contributed by atoms with van der Waals surface area (Å²) in [6.07, 6.45) is 2.55. The summed E-state index contributed by atoms with van der Waals surface area (Å²) in [7, 11) is 1.42. The number of carbonyl (C=O) groups is 4. The van der Waals surface area contributed by atoms with Crippen molar-refractivity contribution in [3.05, 3.63) is 0 Å². The summed E-state index contributed by atoms with van der Waals surface area (Å²) < 4.78 is 5.97. The first-order valence-corrected chi connectivity index (χ1v) is 10.6. The Bertz CT molecular complexity index is 626. The van der Waals surface area contributed by atoms with Crippen LogP contribution in [0.2, 0.25) is 0 Å². The molecular weight excluding hydrogens is 410 g/mol. The molecule has 0 radical (unpaired) electrons. The van der Waals surface area contributed by atoms with Gasteiger partial charge in [0, 0.05) is 31.5 Å². The Kier molecular flexibility index (Phi) is 10.4. The molecule has 1 rings (SSSR count). The molecule has 0 saturated carbocycles. The zero-order valence-electron chi connectivity index (χ0n) is 18.5. The normalized spacial score (nSPS) is 18.6. The van der Waals surface area contributed by atoms with E-state index in [2.05, 4.69) is 23.4 Å². The van der Waals surface area contributed by atoms with E-state index in [1.807, 2.05) is 27.7 Å². The van der Waals surface area contributed by atoms with E-state index in [9.17, 15) is 19.2 Å². The SMILES string of the molecule is CONC(CCC=O)C(=O)NC(C)(C)CCOC(C)(C)CCN1C(=O)CC(S)C1=O. The lowest BCUT2D eigenvalue weighted by Gasteiger charge is -2.32. The number of thiol groups is 1. The number of imide groups is 1. The topological polar surface area (TPSA) is 114 Å². The molecule has 2 N–H and O–H groups in total. The molecular formula is C20H35N3O6S. The molecule has 0 bridgehead atoms. The zero-order valence-corrected chi connectivity index (χ0v) is 19.4. The van der Waals surface area contributed by atoms with Gasteiger partial charge in [-0.15, -0.1) is 0 Å². The smallest absolute Gasteiger partial charge is 0.242 e. The van der Waals surface area contributed by atoms with Gasteiger partial charge < -0.3 is 19.7 Å². The number of aldehydes is 1. The number of hydrogen-bond acceptors (Lipinski definition) is 8. The largest absolute Gasteiger partial charge is 0.375 e. The zero-order chi connectivity index (χ0) is 22.9. The monoisotopic (exact) mass is 445 g/mol. The van der Waals surface area contributed by atoms with Crippen LogP contribution in [0.4, 0.5) is 0 Å². The molecule has 0 aromatic rings. The summed E-state index contributed by atoms with van der Waals surface area (Å²) in [5.74, 6) is -0.708. The van der Waals surface area contributed by atoms with E-state index in [-0.39, 0.29) is 30.6 Å². The number of nitrogens with zero attached hydrogens (tertiary/aromatic N) is 1. The maximum absolute atomic E-state index is 12.5. The Balaban J connectivity index is 2.47. The van der Waals surface area contributed by atoms with Gasteiger partial charge in [0.1, 0.15) is 12.3 Å². The lowest BCUT2D eigenvalue weighted by atomic mass is 9.99. The first-order chi connectivity index (χ1) is 13.9. The van der Waals surface area contributed by atoms with Crippen LogP contribution >= 0.6 is 12.6 Å². The number of likely N-dealkylation sites (tertiary alicyclic amines) is 1. The molecule has 2 atom stereocenters. The maximum Gasteiger partial charge on any atom is 0.242 e. The Morgan fingerprint density at radius 1 is 1.30 bits per heavy atom. The molecule has 0 aromatic heterocycles. The summed E-state index contributed by atoms with van der Waals surface area (Å²) in [6.45, 7) is 8.26. The van der Waals surface area contributed by atoms with Crippen molar-refractivity contribution in [3.63, 3.8) is 0 Å². The van der Waals surface area contributed by atoms with Crippen LogP contribution in [0.15, 0.2) is 0 Å². The summed E-state index contributed by atoms with van der Waals surface area (Å²) in [5, 5.41) is 2.40. The second kappa shape index (κ2) is 11.8. The summed E-state index contributed by atoms with van der Waals surface area (Å²) in [6, 6.07) is -0.622.